The van der Waals surface area contributed by atoms with E-state index in [1.165, 1.54) is 6.92 Å². The summed E-state index contributed by atoms with van der Waals surface area (Å²) in [5.41, 5.74) is 0.828. The molecule has 9 heteroatoms. The van der Waals surface area contributed by atoms with Gasteiger partial charge in [0.1, 0.15) is 4.21 Å². The third-order valence-electron chi connectivity index (χ3n) is 3.14. The number of thiophene rings is 1. The molecule has 0 amide bonds. The van der Waals surface area contributed by atoms with Crippen LogP contribution in [-0.2, 0) is 26.3 Å². The highest BCUT2D eigenvalue weighted by atomic mass is 32.3. The fourth-order valence-corrected chi connectivity index (χ4v) is 6.33. The summed E-state index contributed by atoms with van der Waals surface area (Å²) in [5, 5.41) is 8.27. The molecule has 0 saturated carbocycles. The Morgan fingerprint density at radius 1 is 1.43 bits per heavy atom. The van der Waals surface area contributed by atoms with Gasteiger partial charge in [0.05, 0.1) is 5.69 Å². The molecule has 0 unspecified atom stereocenters. The van der Waals surface area contributed by atoms with E-state index in [0.717, 1.165) is 11.3 Å². The highest BCUT2D eigenvalue weighted by Crippen LogP contribution is 2.43. The lowest BCUT2D eigenvalue weighted by Gasteiger charge is -2.14. The van der Waals surface area contributed by atoms with Crippen LogP contribution >= 0.6 is 11.3 Å². The quantitative estimate of drug-likeness (QED) is 0.859. The molecule has 1 aromatic rings. The van der Waals surface area contributed by atoms with Crippen LogP contribution in [0.1, 0.15) is 26.3 Å². The third-order valence-corrected chi connectivity index (χ3v) is 8.29. The molecule has 1 aliphatic rings. The number of nitrogens with two attached hydrogens (primary N) is 1. The Labute approximate surface area is 129 Å². The first-order chi connectivity index (χ1) is 9.55. The minimum atomic E-state index is -3.97. The molecule has 3 N–H and O–H groups in total. The number of nitrogens with one attached hydrogen (secondary N) is 1. The fourth-order valence-electron chi connectivity index (χ4n) is 2.01. The van der Waals surface area contributed by atoms with Crippen LogP contribution in [0.3, 0.4) is 0 Å². The van der Waals surface area contributed by atoms with Crippen LogP contribution in [0.2, 0.25) is 0 Å². The van der Waals surface area contributed by atoms with Gasteiger partial charge in [0.15, 0.2) is 4.21 Å². The summed E-state index contributed by atoms with van der Waals surface area (Å²) < 4.78 is 48.1. The van der Waals surface area contributed by atoms with Crippen molar-refractivity contribution in [2.24, 2.45) is 11.1 Å². The van der Waals surface area contributed by atoms with Crippen molar-refractivity contribution < 1.29 is 16.8 Å². The van der Waals surface area contributed by atoms with Gasteiger partial charge in [-0.3, -0.25) is 0 Å². The largest absolute Gasteiger partial charge is 0.383 e. The fraction of sp³-hybridized carbons (Fsp3) is 0.500. The number of hydrogen-bond donors (Lipinski definition) is 2. The molecule has 1 aliphatic heterocycles. The van der Waals surface area contributed by atoms with E-state index in [-0.39, 0.29) is 19.2 Å². The second-order valence-electron chi connectivity index (χ2n) is 5.37. The van der Waals surface area contributed by atoms with E-state index in [4.69, 9.17) is 5.14 Å². The second-order valence-corrected chi connectivity index (χ2v) is 10.5. The maximum Gasteiger partial charge on any atom is 0.249 e. The first kappa shape index (κ1) is 16.5. The molecule has 6 nitrogen and oxygen atoms in total. The second kappa shape index (κ2) is 5.38. The van der Waals surface area contributed by atoms with Gasteiger partial charge in [0.25, 0.3) is 0 Å². The summed E-state index contributed by atoms with van der Waals surface area (Å²) in [6.07, 6.45) is 1.98. The molecular formula is C12H18N2O4S3. The molecule has 0 bridgehead atoms. The minimum Gasteiger partial charge on any atom is -0.383 e. The lowest BCUT2D eigenvalue weighted by atomic mass is 10.1. The Morgan fingerprint density at radius 3 is 2.57 bits per heavy atom. The van der Waals surface area contributed by atoms with Crippen molar-refractivity contribution in [1.82, 2.24) is 0 Å². The van der Waals surface area contributed by atoms with Gasteiger partial charge < -0.3 is 5.32 Å². The van der Waals surface area contributed by atoms with Crippen molar-refractivity contribution in [3.63, 3.8) is 0 Å². The maximum absolute atomic E-state index is 12.3. The van der Waals surface area contributed by atoms with E-state index >= 15 is 0 Å². The molecule has 0 radical (unpaired) electrons. The van der Waals surface area contributed by atoms with Gasteiger partial charge in [-0.25, -0.2) is 22.0 Å². The summed E-state index contributed by atoms with van der Waals surface area (Å²) in [5.74, 6) is 0.284. The summed E-state index contributed by atoms with van der Waals surface area (Å²) in [4.78, 5) is 0.243. The van der Waals surface area contributed by atoms with Crippen LogP contribution in [0, 0.1) is 5.92 Å². The summed E-state index contributed by atoms with van der Waals surface area (Å²) in [7, 11) is -7.58. The van der Waals surface area contributed by atoms with Crippen LogP contribution in [0.25, 0.3) is 0 Å². The number of sulfonamides is 1. The Morgan fingerprint density at radius 2 is 2.05 bits per heavy atom. The number of anilines is 1. The molecular weight excluding hydrogens is 332 g/mol. The van der Waals surface area contributed by atoms with Gasteiger partial charge in [0, 0.05) is 17.0 Å². The first-order valence-electron chi connectivity index (χ1n) is 6.39. The van der Waals surface area contributed by atoms with E-state index in [1.807, 2.05) is 13.8 Å². The standard InChI is InChI=1S/C12H18N2O4S3/c1-7(2)6-14-10-9-5-4-8(3)20(15,16)11(9)19-12(10)21(13,17)18/h4,7,14H,5-6H2,1-3H3,(H2,13,17,18). The molecule has 0 spiro atoms. The van der Waals surface area contributed by atoms with Crippen LogP contribution in [-0.4, -0.2) is 23.4 Å². The first-order valence-corrected chi connectivity index (χ1v) is 10.2. The molecule has 0 aromatic carbocycles. The van der Waals surface area contributed by atoms with Gasteiger partial charge in [-0.15, -0.1) is 11.3 Å². The highest BCUT2D eigenvalue weighted by Gasteiger charge is 2.34. The normalized spacial score (nSPS) is 17.5. The Balaban J connectivity index is 2.66. The van der Waals surface area contributed by atoms with Crippen molar-refractivity contribution in [3.05, 3.63) is 16.5 Å². The molecule has 2 rings (SSSR count). The van der Waals surface area contributed by atoms with Crippen LogP contribution in [0.15, 0.2) is 19.4 Å². The summed E-state index contributed by atoms with van der Waals surface area (Å²) >= 11 is 0.727. The Bertz CT molecular complexity index is 802. The average Bonchev–Trinajstić information content (AvgIpc) is 2.71. The Kier molecular flexibility index (Phi) is 4.22. The predicted octanol–water partition coefficient (Wildman–Crippen LogP) is 1.70. The number of primary sulfonamides is 1. The zero-order chi connectivity index (χ0) is 16.0. The minimum absolute atomic E-state index is 0.0813. The van der Waals surface area contributed by atoms with E-state index in [0.29, 0.717) is 24.2 Å². The van der Waals surface area contributed by atoms with Gasteiger partial charge in [0.2, 0.25) is 19.9 Å². The Hall–Kier alpha value is -0.900. The number of hydrogen-bond acceptors (Lipinski definition) is 6. The average molecular weight is 350 g/mol. The molecule has 1 aromatic heterocycles. The van der Waals surface area contributed by atoms with Gasteiger partial charge in [-0.2, -0.15) is 0 Å². The van der Waals surface area contributed by atoms with Crippen molar-refractivity contribution >= 4 is 36.9 Å². The van der Waals surface area contributed by atoms with E-state index < -0.39 is 19.9 Å². The zero-order valence-corrected chi connectivity index (χ0v) is 14.5. The predicted molar refractivity (Wildman–Crippen MR) is 83.7 cm³/mol. The smallest absolute Gasteiger partial charge is 0.249 e. The molecule has 118 valence electrons. The lowest BCUT2D eigenvalue weighted by molar-refractivity contribution is 0.598. The van der Waals surface area contributed by atoms with Crippen molar-refractivity contribution in [2.45, 2.75) is 35.6 Å². The van der Waals surface area contributed by atoms with Crippen molar-refractivity contribution in [2.75, 3.05) is 11.9 Å². The molecule has 21 heavy (non-hydrogen) atoms. The third kappa shape index (κ3) is 3.01. The van der Waals surface area contributed by atoms with Crippen LogP contribution in [0.5, 0.6) is 0 Å². The van der Waals surface area contributed by atoms with E-state index in [1.54, 1.807) is 6.08 Å². The summed E-state index contributed by atoms with van der Waals surface area (Å²) in [6.45, 7) is 6.00. The van der Waals surface area contributed by atoms with E-state index in [2.05, 4.69) is 5.32 Å². The SMILES string of the molecule is CC1=CCc2c(sc(S(N)(=O)=O)c2NCC(C)C)S1(=O)=O. The number of rotatable bonds is 4. The van der Waals surface area contributed by atoms with Crippen LogP contribution in [0.4, 0.5) is 5.69 Å². The summed E-state index contributed by atoms with van der Waals surface area (Å²) in [6, 6.07) is 0. The number of fused-ring (bicyclic) bond motifs is 1. The lowest BCUT2D eigenvalue weighted by Crippen LogP contribution is -2.16. The van der Waals surface area contributed by atoms with Crippen molar-refractivity contribution in [1.29, 1.82) is 0 Å². The topological polar surface area (TPSA) is 106 Å². The number of sulfone groups is 1. The van der Waals surface area contributed by atoms with E-state index in [9.17, 15) is 16.8 Å². The molecule has 0 fully saturated rings. The highest BCUT2D eigenvalue weighted by molar-refractivity contribution is 7.98. The van der Waals surface area contributed by atoms with Gasteiger partial charge >= 0.3 is 0 Å². The molecule has 0 saturated heterocycles. The molecule has 2 heterocycles. The van der Waals surface area contributed by atoms with Gasteiger partial charge in [-0.1, -0.05) is 19.9 Å². The number of allylic oxidation sites excluding steroid dienone is 2. The van der Waals surface area contributed by atoms with Crippen molar-refractivity contribution in [3.8, 4) is 0 Å². The monoisotopic (exact) mass is 350 g/mol. The molecule has 0 aliphatic carbocycles. The molecule has 0 atom stereocenters. The van der Waals surface area contributed by atoms with Crippen LogP contribution < -0.4 is 10.5 Å². The van der Waals surface area contributed by atoms with Gasteiger partial charge in [-0.05, 0) is 19.3 Å². The zero-order valence-electron chi connectivity index (χ0n) is 12.0. The maximum atomic E-state index is 12.3.